The molecule has 1 aromatic heterocycles. The Morgan fingerprint density at radius 3 is 2.45 bits per heavy atom. The second kappa shape index (κ2) is 6.60. The first-order valence-electron chi connectivity index (χ1n) is 6.83. The Morgan fingerprint density at radius 1 is 1.18 bits per heavy atom. The number of hydrogen-bond acceptors (Lipinski definition) is 1. The molecule has 6 heteroatoms. The highest BCUT2D eigenvalue weighted by Crippen LogP contribution is 2.30. The fourth-order valence-electron chi connectivity index (χ4n) is 1.97. The Bertz CT molecular complexity index is 651. The molecule has 0 atom stereocenters. The molecular weight excluding hydrogens is 293 g/mol. The maximum atomic E-state index is 12.6. The van der Waals surface area contributed by atoms with Gasteiger partial charge in [0.05, 0.1) is 5.56 Å². The van der Waals surface area contributed by atoms with Crippen molar-refractivity contribution in [3.8, 4) is 0 Å². The monoisotopic (exact) mass is 309 g/mol. The SMILES string of the molecule is CCc1cc[n+](CC(=O)Nc2cccc(C(F)(F)F)c2)cc1. The Hall–Kier alpha value is -2.37. The Kier molecular flexibility index (Phi) is 4.80. The molecule has 2 rings (SSSR count). The minimum Gasteiger partial charge on any atom is -0.321 e. The molecule has 0 radical (unpaired) electrons. The number of benzene rings is 1. The number of amides is 1. The van der Waals surface area contributed by atoms with E-state index in [4.69, 9.17) is 0 Å². The maximum absolute atomic E-state index is 12.6. The van der Waals surface area contributed by atoms with Gasteiger partial charge >= 0.3 is 6.18 Å². The van der Waals surface area contributed by atoms with Crippen molar-refractivity contribution in [3.63, 3.8) is 0 Å². The molecule has 116 valence electrons. The number of hydrogen-bond donors (Lipinski definition) is 1. The molecule has 0 saturated carbocycles. The number of nitrogens with one attached hydrogen (secondary N) is 1. The Balaban J connectivity index is 2.02. The fourth-order valence-corrected chi connectivity index (χ4v) is 1.97. The Labute approximate surface area is 126 Å². The van der Waals surface area contributed by atoms with Gasteiger partial charge in [-0.3, -0.25) is 4.79 Å². The zero-order chi connectivity index (χ0) is 16.2. The van der Waals surface area contributed by atoms with Gasteiger partial charge in [-0.15, -0.1) is 0 Å². The number of halogens is 3. The van der Waals surface area contributed by atoms with Crippen molar-refractivity contribution in [3.05, 3.63) is 59.9 Å². The zero-order valence-corrected chi connectivity index (χ0v) is 12.0. The summed E-state index contributed by atoms with van der Waals surface area (Å²) in [5, 5.41) is 2.47. The van der Waals surface area contributed by atoms with Crippen LogP contribution >= 0.6 is 0 Å². The molecule has 0 saturated heterocycles. The smallest absolute Gasteiger partial charge is 0.321 e. The highest BCUT2D eigenvalue weighted by atomic mass is 19.4. The molecule has 0 spiro atoms. The zero-order valence-electron chi connectivity index (χ0n) is 12.0. The third-order valence-electron chi connectivity index (χ3n) is 3.17. The van der Waals surface area contributed by atoms with Crippen LogP contribution in [0.15, 0.2) is 48.8 Å². The van der Waals surface area contributed by atoms with Crippen molar-refractivity contribution in [2.24, 2.45) is 0 Å². The van der Waals surface area contributed by atoms with Crippen molar-refractivity contribution < 1.29 is 22.5 Å². The number of pyridine rings is 1. The first kappa shape index (κ1) is 16.0. The van der Waals surface area contributed by atoms with Crippen LogP contribution in [0.5, 0.6) is 0 Å². The topological polar surface area (TPSA) is 33.0 Å². The van der Waals surface area contributed by atoms with E-state index in [9.17, 15) is 18.0 Å². The lowest BCUT2D eigenvalue weighted by Gasteiger charge is -2.09. The van der Waals surface area contributed by atoms with Crippen LogP contribution in [0.4, 0.5) is 18.9 Å². The van der Waals surface area contributed by atoms with E-state index < -0.39 is 11.7 Å². The van der Waals surface area contributed by atoms with E-state index in [1.54, 1.807) is 17.0 Å². The number of aromatic nitrogens is 1. The van der Waals surface area contributed by atoms with Crippen LogP contribution in [0.1, 0.15) is 18.1 Å². The first-order chi connectivity index (χ1) is 10.4. The van der Waals surface area contributed by atoms with Gasteiger partial charge in [0.2, 0.25) is 6.54 Å². The quantitative estimate of drug-likeness (QED) is 0.865. The van der Waals surface area contributed by atoms with E-state index in [2.05, 4.69) is 5.32 Å². The molecule has 0 fully saturated rings. The molecular formula is C16H16F3N2O+. The van der Waals surface area contributed by atoms with Crippen LogP contribution in [0.25, 0.3) is 0 Å². The second-order valence-corrected chi connectivity index (χ2v) is 4.86. The molecule has 1 N–H and O–H groups in total. The summed E-state index contributed by atoms with van der Waals surface area (Å²) in [7, 11) is 0. The number of rotatable bonds is 4. The second-order valence-electron chi connectivity index (χ2n) is 4.86. The van der Waals surface area contributed by atoms with Crippen LogP contribution in [0, 0.1) is 0 Å². The van der Waals surface area contributed by atoms with Gasteiger partial charge in [0, 0.05) is 17.8 Å². The lowest BCUT2D eigenvalue weighted by atomic mass is 10.2. The fraction of sp³-hybridized carbons (Fsp3) is 0.250. The largest absolute Gasteiger partial charge is 0.416 e. The van der Waals surface area contributed by atoms with Gasteiger partial charge in [-0.25, -0.2) is 0 Å². The van der Waals surface area contributed by atoms with E-state index in [0.29, 0.717) is 0 Å². The van der Waals surface area contributed by atoms with Gasteiger partial charge in [-0.05, 0) is 30.2 Å². The number of carbonyl (C=O) groups is 1. The van der Waals surface area contributed by atoms with Crippen molar-refractivity contribution in [1.29, 1.82) is 0 Å². The van der Waals surface area contributed by atoms with Crippen molar-refractivity contribution in [1.82, 2.24) is 0 Å². The van der Waals surface area contributed by atoms with Crippen LogP contribution in [0.2, 0.25) is 0 Å². The van der Waals surface area contributed by atoms with Crippen LogP contribution in [0.3, 0.4) is 0 Å². The molecule has 1 aromatic carbocycles. The van der Waals surface area contributed by atoms with E-state index in [-0.39, 0.29) is 18.1 Å². The predicted molar refractivity (Wildman–Crippen MR) is 76.1 cm³/mol. The number of carbonyl (C=O) groups excluding carboxylic acids is 1. The third kappa shape index (κ3) is 4.31. The van der Waals surface area contributed by atoms with E-state index in [1.165, 1.54) is 12.1 Å². The van der Waals surface area contributed by atoms with Crippen molar-refractivity contribution in [2.45, 2.75) is 26.1 Å². The van der Waals surface area contributed by atoms with E-state index >= 15 is 0 Å². The summed E-state index contributed by atoms with van der Waals surface area (Å²) in [6, 6.07) is 8.38. The third-order valence-corrected chi connectivity index (χ3v) is 3.17. The summed E-state index contributed by atoms with van der Waals surface area (Å²) in [6.45, 7) is 2.07. The van der Waals surface area contributed by atoms with E-state index in [0.717, 1.165) is 24.1 Å². The standard InChI is InChI=1S/C16H15F3N2O/c1-2-12-6-8-21(9-7-12)11-15(22)20-14-5-3-4-13(10-14)16(17,18)19/h3-10H,2,11H2,1H3/p+1. The molecule has 1 heterocycles. The minimum absolute atomic E-state index is 0.0419. The predicted octanol–water partition coefficient (Wildman–Crippen LogP) is 3.19. The van der Waals surface area contributed by atoms with Gasteiger partial charge in [-0.2, -0.15) is 17.7 Å². The average molecular weight is 309 g/mol. The van der Waals surface area contributed by atoms with Gasteiger partial charge in [0.15, 0.2) is 12.4 Å². The number of alkyl halides is 3. The molecule has 0 aliphatic rings. The summed E-state index contributed by atoms with van der Waals surface area (Å²) in [6.07, 6.45) is 0.0117. The van der Waals surface area contributed by atoms with Gasteiger partial charge in [0.1, 0.15) is 0 Å². The molecule has 3 nitrogen and oxygen atoms in total. The first-order valence-corrected chi connectivity index (χ1v) is 6.83. The van der Waals surface area contributed by atoms with Crippen LogP contribution in [-0.2, 0) is 23.9 Å². The molecule has 0 aliphatic carbocycles. The lowest BCUT2D eigenvalue weighted by Crippen LogP contribution is -2.39. The molecule has 0 aliphatic heterocycles. The molecule has 2 aromatic rings. The number of nitrogens with zero attached hydrogens (tertiary/aromatic N) is 1. The molecule has 0 unspecified atom stereocenters. The van der Waals surface area contributed by atoms with Crippen LogP contribution < -0.4 is 9.88 Å². The van der Waals surface area contributed by atoms with Gasteiger partial charge in [-0.1, -0.05) is 13.0 Å². The minimum atomic E-state index is -4.43. The number of aryl methyl sites for hydroxylation is 1. The highest BCUT2D eigenvalue weighted by Gasteiger charge is 2.30. The van der Waals surface area contributed by atoms with Gasteiger partial charge < -0.3 is 5.32 Å². The van der Waals surface area contributed by atoms with Crippen molar-refractivity contribution in [2.75, 3.05) is 5.32 Å². The lowest BCUT2D eigenvalue weighted by molar-refractivity contribution is -0.684. The summed E-state index contributed by atoms with van der Waals surface area (Å²) >= 11 is 0. The summed E-state index contributed by atoms with van der Waals surface area (Å²) in [5.74, 6) is -0.381. The van der Waals surface area contributed by atoms with Crippen molar-refractivity contribution >= 4 is 11.6 Å². The average Bonchev–Trinajstić information content (AvgIpc) is 2.47. The summed E-state index contributed by atoms with van der Waals surface area (Å²) in [4.78, 5) is 11.9. The number of anilines is 1. The highest BCUT2D eigenvalue weighted by molar-refractivity contribution is 5.89. The molecule has 1 amide bonds. The molecule has 0 bridgehead atoms. The normalized spacial score (nSPS) is 11.3. The van der Waals surface area contributed by atoms with Crippen LogP contribution in [-0.4, -0.2) is 5.91 Å². The van der Waals surface area contributed by atoms with E-state index in [1.807, 2.05) is 19.1 Å². The van der Waals surface area contributed by atoms with Gasteiger partial charge in [0.25, 0.3) is 5.91 Å². The summed E-state index contributed by atoms with van der Waals surface area (Å²) in [5.41, 5.74) is 0.491. The Morgan fingerprint density at radius 2 is 1.86 bits per heavy atom. The maximum Gasteiger partial charge on any atom is 0.416 e. The summed E-state index contributed by atoms with van der Waals surface area (Å²) < 4.78 is 39.5. The molecule has 22 heavy (non-hydrogen) atoms.